The Morgan fingerprint density at radius 3 is 2.94 bits per heavy atom. The molecule has 0 aliphatic heterocycles. The summed E-state index contributed by atoms with van der Waals surface area (Å²) in [6, 6.07) is 7.23. The second kappa shape index (κ2) is 5.31. The van der Waals surface area contributed by atoms with Gasteiger partial charge in [0.25, 0.3) is 0 Å². The van der Waals surface area contributed by atoms with Crippen molar-refractivity contribution in [1.29, 1.82) is 0 Å². The Hall–Kier alpha value is -1.02. The molecule has 2 unspecified atom stereocenters. The molecule has 1 N–H and O–H groups in total. The summed E-state index contributed by atoms with van der Waals surface area (Å²) in [5, 5.41) is 3.54. The van der Waals surface area contributed by atoms with Crippen LogP contribution in [0.2, 0.25) is 0 Å². The van der Waals surface area contributed by atoms with E-state index in [1.807, 2.05) is 0 Å². The summed E-state index contributed by atoms with van der Waals surface area (Å²) < 4.78 is 6.20. The van der Waals surface area contributed by atoms with Crippen molar-refractivity contribution in [1.82, 2.24) is 5.32 Å². The number of likely N-dealkylation sites (N-methyl/N-ethyl adjacent to an activating group) is 1. The Morgan fingerprint density at radius 1 is 1.17 bits per heavy atom. The van der Waals surface area contributed by atoms with E-state index in [0.717, 1.165) is 12.3 Å². The van der Waals surface area contributed by atoms with E-state index in [1.165, 1.54) is 49.7 Å². The SMILES string of the molecule is CCNC1CCCC1Oc1ccc2c(c1)CCC2. The molecular weight excluding hydrogens is 222 g/mol. The average molecular weight is 245 g/mol. The third-order valence-corrected chi connectivity index (χ3v) is 4.28. The van der Waals surface area contributed by atoms with E-state index in [-0.39, 0.29) is 0 Å². The van der Waals surface area contributed by atoms with E-state index >= 15 is 0 Å². The summed E-state index contributed by atoms with van der Waals surface area (Å²) in [7, 11) is 0. The molecule has 1 fully saturated rings. The van der Waals surface area contributed by atoms with Crippen molar-refractivity contribution in [2.45, 2.75) is 57.6 Å². The number of rotatable bonds is 4. The summed E-state index contributed by atoms with van der Waals surface area (Å²) in [6.45, 7) is 3.21. The smallest absolute Gasteiger partial charge is 0.120 e. The molecule has 2 aliphatic rings. The third kappa shape index (κ3) is 2.39. The van der Waals surface area contributed by atoms with Crippen LogP contribution in [0, 0.1) is 0 Å². The molecule has 18 heavy (non-hydrogen) atoms. The first kappa shape index (κ1) is 12.0. The molecule has 2 atom stereocenters. The fourth-order valence-corrected chi connectivity index (χ4v) is 3.36. The van der Waals surface area contributed by atoms with Crippen LogP contribution in [0.1, 0.15) is 43.7 Å². The predicted octanol–water partition coefficient (Wildman–Crippen LogP) is 3.08. The monoisotopic (exact) mass is 245 g/mol. The lowest BCUT2D eigenvalue weighted by Gasteiger charge is -2.22. The van der Waals surface area contributed by atoms with Crippen molar-refractivity contribution in [3.05, 3.63) is 29.3 Å². The van der Waals surface area contributed by atoms with Crippen LogP contribution in [-0.4, -0.2) is 18.7 Å². The second-order valence-electron chi connectivity index (χ2n) is 5.54. The van der Waals surface area contributed by atoms with Gasteiger partial charge in [-0.2, -0.15) is 0 Å². The van der Waals surface area contributed by atoms with E-state index < -0.39 is 0 Å². The quantitative estimate of drug-likeness (QED) is 0.880. The number of hydrogen-bond donors (Lipinski definition) is 1. The lowest BCUT2D eigenvalue weighted by Crippen LogP contribution is -2.38. The Kier molecular flexibility index (Phi) is 3.55. The van der Waals surface area contributed by atoms with Gasteiger partial charge in [0.1, 0.15) is 11.9 Å². The highest BCUT2D eigenvalue weighted by Crippen LogP contribution is 2.29. The number of hydrogen-bond acceptors (Lipinski definition) is 2. The molecule has 1 aromatic rings. The molecule has 0 saturated heterocycles. The normalized spacial score (nSPS) is 26.3. The van der Waals surface area contributed by atoms with E-state index in [1.54, 1.807) is 0 Å². The fourth-order valence-electron chi connectivity index (χ4n) is 3.36. The van der Waals surface area contributed by atoms with Gasteiger partial charge in [-0.15, -0.1) is 0 Å². The molecule has 2 nitrogen and oxygen atoms in total. The highest BCUT2D eigenvalue weighted by atomic mass is 16.5. The molecule has 3 rings (SSSR count). The van der Waals surface area contributed by atoms with Gasteiger partial charge in [-0.1, -0.05) is 13.0 Å². The van der Waals surface area contributed by atoms with Crippen LogP contribution < -0.4 is 10.1 Å². The molecule has 0 amide bonds. The Morgan fingerprint density at radius 2 is 2.06 bits per heavy atom. The van der Waals surface area contributed by atoms with E-state index in [2.05, 4.69) is 30.4 Å². The topological polar surface area (TPSA) is 21.3 Å². The highest BCUT2D eigenvalue weighted by molar-refractivity contribution is 5.38. The minimum absolute atomic E-state index is 0.365. The molecule has 0 spiro atoms. The van der Waals surface area contributed by atoms with Crippen molar-refractivity contribution in [2.24, 2.45) is 0 Å². The van der Waals surface area contributed by atoms with Crippen molar-refractivity contribution in [3.8, 4) is 5.75 Å². The van der Waals surface area contributed by atoms with Gasteiger partial charge in [-0.05, 0) is 68.3 Å². The van der Waals surface area contributed by atoms with Crippen LogP contribution in [0.25, 0.3) is 0 Å². The minimum atomic E-state index is 0.365. The first-order chi connectivity index (χ1) is 8.86. The van der Waals surface area contributed by atoms with Gasteiger partial charge in [0.15, 0.2) is 0 Å². The molecule has 0 aromatic heterocycles. The van der Waals surface area contributed by atoms with Crippen molar-refractivity contribution < 1.29 is 4.74 Å². The van der Waals surface area contributed by atoms with E-state index in [4.69, 9.17) is 4.74 Å². The van der Waals surface area contributed by atoms with Gasteiger partial charge in [0, 0.05) is 6.04 Å². The molecule has 0 heterocycles. The van der Waals surface area contributed by atoms with Gasteiger partial charge in [0.05, 0.1) is 0 Å². The lowest BCUT2D eigenvalue weighted by atomic mass is 10.1. The number of fused-ring (bicyclic) bond motifs is 1. The van der Waals surface area contributed by atoms with Gasteiger partial charge in [-0.3, -0.25) is 0 Å². The van der Waals surface area contributed by atoms with Gasteiger partial charge >= 0.3 is 0 Å². The van der Waals surface area contributed by atoms with E-state index in [9.17, 15) is 0 Å². The highest BCUT2D eigenvalue weighted by Gasteiger charge is 2.28. The maximum absolute atomic E-state index is 6.20. The Bertz CT molecular complexity index is 416. The summed E-state index contributed by atoms with van der Waals surface area (Å²) in [6.07, 6.45) is 7.88. The van der Waals surface area contributed by atoms with Crippen LogP contribution in [0.4, 0.5) is 0 Å². The van der Waals surface area contributed by atoms with Crippen LogP contribution in [0.15, 0.2) is 18.2 Å². The summed E-state index contributed by atoms with van der Waals surface area (Å²) >= 11 is 0. The number of nitrogens with one attached hydrogen (secondary N) is 1. The standard InChI is InChI=1S/C16H23NO/c1-2-17-15-7-4-8-16(15)18-14-10-9-12-5-3-6-13(12)11-14/h9-11,15-17H,2-8H2,1H3. The van der Waals surface area contributed by atoms with Crippen LogP contribution in [-0.2, 0) is 12.8 Å². The zero-order valence-electron chi connectivity index (χ0n) is 11.2. The molecule has 0 radical (unpaired) electrons. The minimum Gasteiger partial charge on any atom is -0.489 e. The first-order valence-electron chi connectivity index (χ1n) is 7.38. The fraction of sp³-hybridized carbons (Fsp3) is 0.625. The molecule has 1 saturated carbocycles. The molecule has 2 aliphatic carbocycles. The zero-order chi connectivity index (χ0) is 12.4. The Balaban J connectivity index is 1.68. The Labute approximate surface area is 110 Å². The van der Waals surface area contributed by atoms with Gasteiger partial charge in [0.2, 0.25) is 0 Å². The predicted molar refractivity (Wildman–Crippen MR) is 74.2 cm³/mol. The van der Waals surface area contributed by atoms with Crippen molar-refractivity contribution >= 4 is 0 Å². The maximum atomic E-state index is 6.20. The largest absolute Gasteiger partial charge is 0.489 e. The van der Waals surface area contributed by atoms with Crippen molar-refractivity contribution in [2.75, 3.05) is 6.54 Å². The van der Waals surface area contributed by atoms with Gasteiger partial charge in [-0.25, -0.2) is 0 Å². The molecule has 98 valence electrons. The van der Waals surface area contributed by atoms with Crippen molar-refractivity contribution in [3.63, 3.8) is 0 Å². The summed E-state index contributed by atoms with van der Waals surface area (Å²) in [5.41, 5.74) is 3.03. The van der Waals surface area contributed by atoms with Crippen LogP contribution >= 0.6 is 0 Å². The third-order valence-electron chi connectivity index (χ3n) is 4.28. The second-order valence-corrected chi connectivity index (χ2v) is 5.54. The number of benzene rings is 1. The molecule has 0 bridgehead atoms. The number of ether oxygens (including phenoxy) is 1. The first-order valence-corrected chi connectivity index (χ1v) is 7.38. The maximum Gasteiger partial charge on any atom is 0.120 e. The zero-order valence-corrected chi connectivity index (χ0v) is 11.2. The summed E-state index contributed by atoms with van der Waals surface area (Å²) in [4.78, 5) is 0. The van der Waals surface area contributed by atoms with Gasteiger partial charge < -0.3 is 10.1 Å². The lowest BCUT2D eigenvalue weighted by molar-refractivity contribution is 0.175. The van der Waals surface area contributed by atoms with Crippen LogP contribution in [0.5, 0.6) is 5.75 Å². The number of aryl methyl sites for hydroxylation is 2. The molecular formula is C16H23NO. The summed E-state index contributed by atoms with van der Waals surface area (Å²) in [5.74, 6) is 1.07. The average Bonchev–Trinajstić information content (AvgIpc) is 2.99. The van der Waals surface area contributed by atoms with E-state index in [0.29, 0.717) is 12.1 Å². The molecule has 2 heteroatoms. The molecule has 1 aromatic carbocycles. The van der Waals surface area contributed by atoms with Crippen LogP contribution in [0.3, 0.4) is 0 Å².